The summed E-state index contributed by atoms with van der Waals surface area (Å²) in [7, 11) is 0. The molecule has 2 rings (SSSR count). The lowest BCUT2D eigenvalue weighted by Crippen LogP contribution is -2.04. The fourth-order valence-corrected chi connectivity index (χ4v) is 2.60. The van der Waals surface area contributed by atoms with E-state index in [0.29, 0.717) is 0 Å². The van der Waals surface area contributed by atoms with Gasteiger partial charge in [-0.2, -0.15) is 0 Å². The van der Waals surface area contributed by atoms with E-state index in [9.17, 15) is 5.11 Å². The Hall–Kier alpha value is -1.12. The highest BCUT2D eigenvalue weighted by molar-refractivity contribution is 9.10. The largest absolute Gasteiger partial charge is 0.384 e. The van der Waals surface area contributed by atoms with Gasteiger partial charge in [0.15, 0.2) is 0 Å². The number of aliphatic hydroxyl groups excluding tert-OH is 1. The molecule has 94 valence electrons. The molecule has 0 bridgehead atoms. The van der Waals surface area contributed by atoms with Crippen LogP contribution >= 0.6 is 15.9 Å². The van der Waals surface area contributed by atoms with E-state index in [-0.39, 0.29) is 0 Å². The molecule has 0 aliphatic heterocycles. The highest BCUT2D eigenvalue weighted by Gasteiger charge is 2.16. The average molecular weight is 305 g/mol. The van der Waals surface area contributed by atoms with Gasteiger partial charge in [-0.3, -0.25) is 0 Å². The summed E-state index contributed by atoms with van der Waals surface area (Å²) in [6, 6.07) is 12.0. The minimum absolute atomic E-state index is 0.584. The fraction of sp³-hybridized carbons (Fsp3) is 0.250. The van der Waals surface area contributed by atoms with Gasteiger partial charge in [0.1, 0.15) is 6.10 Å². The monoisotopic (exact) mass is 304 g/mol. The van der Waals surface area contributed by atoms with Crippen molar-refractivity contribution in [3.05, 3.63) is 68.7 Å². The minimum atomic E-state index is -0.584. The zero-order valence-corrected chi connectivity index (χ0v) is 12.5. The quantitative estimate of drug-likeness (QED) is 0.868. The van der Waals surface area contributed by atoms with Gasteiger partial charge in [-0.15, -0.1) is 0 Å². The Morgan fingerprint density at radius 3 is 2.11 bits per heavy atom. The van der Waals surface area contributed by atoms with Gasteiger partial charge in [0.25, 0.3) is 0 Å². The van der Waals surface area contributed by atoms with Gasteiger partial charge in [0, 0.05) is 4.47 Å². The average Bonchev–Trinajstić information content (AvgIpc) is 2.35. The molecule has 18 heavy (non-hydrogen) atoms. The van der Waals surface area contributed by atoms with Gasteiger partial charge in [0.2, 0.25) is 0 Å². The first kappa shape index (κ1) is 13.3. The molecule has 0 fully saturated rings. The number of aliphatic hydroxyl groups is 1. The fourth-order valence-electron chi connectivity index (χ4n) is 2.12. The maximum atomic E-state index is 10.6. The number of hydrogen-bond donors (Lipinski definition) is 1. The second kappa shape index (κ2) is 5.25. The van der Waals surface area contributed by atoms with E-state index >= 15 is 0 Å². The molecule has 2 aromatic carbocycles. The summed E-state index contributed by atoms with van der Waals surface area (Å²) >= 11 is 3.56. The number of halogens is 1. The topological polar surface area (TPSA) is 20.2 Å². The smallest absolute Gasteiger partial charge is 0.105 e. The Morgan fingerprint density at radius 1 is 0.889 bits per heavy atom. The van der Waals surface area contributed by atoms with E-state index in [1.54, 1.807) is 0 Å². The number of benzene rings is 2. The standard InChI is InChI=1S/C16H17BrO/c1-10-6-4-8-13(12(10)3)16(18)14-9-5-7-11(2)15(14)17/h4-9,16,18H,1-3H3. The zero-order chi connectivity index (χ0) is 13.3. The number of hydrogen-bond acceptors (Lipinski definition) is 1. The summed E-state index contributed by atoms with van der Waals surface area (Å²) in [6.07, 6.45) is -0.584. The Balaban J connectivity index is 2.51. The van der Waals surface area contributed by atoms with Crippen molar-refractivity contribution in [1.82, 2.24) is 0 Å². The Morgan fingerprint density at radius 2 is 1.44 bits per heavy atom. The molecule has 0 aliphatic carbocycles. The van der Waals surface area contributed by atoms with Crippen LogP contribution in [0.5, 0.6) is 0 Å². The van der Waals surface area contributed by atoms with Crippen LogP contribution in [0, 0.1) is 20.8 Å². The first-order valence-corrected chi connectivity index (χ1v) is 6.81. The molecule has 0 aliphatic rings. The number of aryl methyl sites for hydroxylation is 2. The van der Waals surface area contributed by atoms with Crippen LogP contribution in [0.3, 0.4) is 0 Å². The first-order chi connectivity index (χ1) is 8.52. The van der Waals surface area contributed by atoms with Crippen molar-refractivity contribution in [2.75, 3.05) is 0 Å². The summed E-state index contributed by atoms with van der Waals surface area (Å²) in [5.41, 5.74) is 5.38. The van der Waals surface area contributed by atoms with E-state index in [1.807, 2.05) is 37.3 Å². The Kier molecular flexibility index (Phi) is 3.88. The van der Waals surface area contributed by atoms with Crippen LogP contribution in [0.4, 0.5) is 0 Å². The lowest BCUT2D eigenvalue weighted by atomic mass is 9.94. The van der Waals surface area contributed by atoms with Crippen LogP contribution in [-0.2, 0) is 0 Å². The van der Waals surface area contributed by atoms with Crippen molar-refractivity contribution in [2.24, 2.45) is 0 Å². The summed E-state index contributed by atoms with van der Waals surface area (Å²) in [6.45, 7) is 6.15. The van der Waals surface area contributed by atoms with Crippen molar-refractivity contribution < 1.29 is 5.11 Å². The third-order valence-electron chi connectivity index (χ3n) is 3.46. The second-order valence-corrected chi connectivity index (χ2v) is 5.46. The lowest BCUT2D eigenvalue weighted by molar-refractivity contribution is 0.218. The molecule has 1 atom stereocenters. The minimum Gasteiger partial charge on any atom is -0.384 e. The van der Waals surface area contributed by atoms with Crippen LogP contribution in [0.15, 0.2) is 40.9 Å². The van der Waals surface area contributed by atoms with Gasteiger partial charge < -0.3 is 5.11 Å². The van der Waals surface area contributed by atoms with Gasteiger partial charge >= 0.3 is 0 Å². The molecule has 0 amide bonds. The molecule has 2 aromatic rings. The molecular formula is C16H17BrO. The first-order valence-electron chi connectivity index (χ1n) is 6.01. The van der Waals surface area contributed by atoms with E-state index in [1.165, 1.54) is 5.56 Å². The molecule has 1 N–H and O–H groups in total. The van der Waals surface area contributed by atoms with E-state index in [2.05, 4.69) is 35.8 Å². The molecular weight excluding hydrogens is 288 g/mol. The Labute approximate surface area is 117 Å². The molecule has 0 radical (unpaired) electrons. The van der Waals surface area contributed by atoms with Crippen LogP contribution < -0.4 is 0 Å². The van der Waals surface area contributed by atoms with Crippen LogP contribution in [0.1, 0.15) is 33.9 Å². The van der Waals surface area contributed by atoms with Crippen molar-refractivity contribution in [3.63, 3.8) is 0 Å². The van der Waals surface area contributed by atoms with Gasteiger partial charge in [-0.25, -0.2) is 0 Å². The maximum Gasteiger partial charge on any atom is 0.105 e. The highest BCUT2D eigenvalue weighted by atomic mass is 79.9. The molecule has 0 aromatic heterocycles. The molecule has 1 nitrogen and oxygen atoms in total. The molecule has 0 saturated carbocycles. The number of rotatable bonds is 2. The molecule has 0 spiro atoms. The SMILES string of the molecule is Cc1cccc(C(O)c2cccc(C)c2Br)c1C. The molecule has 1 unspecified atom stereocenters. The summed E-state index contributed by atoms with van der Waals surface area (Å²) in [5.74, 6) is 0. The second-order valence-electron chi connectivity index (χ2n) is 4.67. The van der Waals surface area contributed by atoms with Gasteiger partial charge in [-0.05, 0) is 48.6 Å². The zero-order valence-electron chi connectivity index (χ0n) is 10.9. The summed E-state index contributed by atoms with van der Waals surface area (Å²) in [5, 5.41) is 10.6. The predicted octanol–water partition coefficient (Wildman–Crippen LogP) is 4.46. The third kappa shape index (κ3) is 2.36. The van der Waals surface area contributed by atoms with Gasteiger partial charge in [-0.1, -0.05) is 52.3 Å². The van der Waals surface area contributed by atoms with E-state index < -0.39 is 6.10 Å². The highest BCUT2D eigenvalue weighted by Crippen LogP contribution is 2.32. The van der Waals surface area contributed by atoms with Crippen molar-refractivity contribution >= 4 is 15.9 Å². The van der Waals surface area contributed by atoms with Crippen molar-refractivity contribution in [3.8, 4) is 0 Å². The molecule has 2 heteroatoms. The van der Waals surface area contributed by atoms with Crippen molar-refractivity contribution in [1.29, 1.82) is 0 Å². The molecule has 0 heterocycles. The normalized spacial score (nSPS) is 12.5. The third-order valence-corrected chi connectivity index (χ3v) is 4.54. The van der Waals surface area contributed by atoms with E-state index in [0.717, 1.165) is 26.7 Å². The molecule has 0 saturated heterocycles. The lowest BCUT2D eigenvalue weighted by Gasteiger charge is -2.18. The maximum absolute atomic E-state index is 10.6. The van der Waals surface area contributed by atoms with Crippen LogP contribution in [0.2, 0.25) is 0 Å². The van der Waals surface area contributed by atoms with Crippen molar-refractivity contribution in [2.45, 2.75) is 26.9 Å². The van der Waals surface area contributed by atoms with E-state index in [4.69, 9.17) is 0 Å². The van der Waals surface area contributed by atoms with Gasteiger partial charge in [0.05, 0.1) is 0 Å². The van der Waals surface area contributed by atoms with Crippen LogP contribution in [-0.4, -0.2) is 5.11 Å². The Bertz CT molecular complexity index is 524. The summed E-state index contributed by atoms with van der Waals surface area (Å²) < 4.78 is 0.985. The van der Waals surface area contributed by atoms with Crippen LogP contribution in [0.25, 0.3) is 0 Å². The summed E-state index contributed by atoms with van der Waals surface area (Å²) in [4.78, 5) is 0. The predicted molar refractivity (Wildman–Crippen MR) is 78.9 cm³/mol.